The lowest BCUT2D eigenvalue weighted by Gasteiger charge is -2.21. The minimum Gasteiger partial charge on any atom is -0.369 e. The summed E-state index contributed by atoms with van der Waals surface area (Å²) < 4.78 is 13.0. The van der Waals surface area contributed by atoms with Crippen LogP contribution in [0, 0.1) is 5.95 Å². The second-order valence-electron chi connectivity index (χ2n) is 4.76. The first kappa shape index (κ1) is 14.4. The Hall–Kier alpha value is -2.02. The predicted molar refractivity (Wildman–Crippen MR) is 70.3 cm³/mol. The average Bonchev–Trinajstić information content (AvgIpc) is 2.63. The van der Waals surface area contributed by atoms with Crippen molar-refractivity contribution in [2.45, 2.75) is 6.42 Å². The number of carbonyl (C=O) groups is 2. The SMILES string of the molecule is NC(=O)CN1CCCN(C(=O)c2ccnc(F)c2)CC1. The van der Waals surface area contributed by atoms with Crippen LogP contribution in [0.3, 0.4) is 0 Å². The third-order valence-electron chi connectivity index (χ3n) is 3.23. The van der Waals surface area contributed by atoms with Gasteiger partial charge in [-0.15, -0.1) is 0 Å². The fourth-order valence-electron chi connectivity index (χ4n) is 2.27. The molecule has 0 bridgehead atoms. The van der Waals surface area contributed by atoms with Gasteiger partial charge in [0.2, 0.25) is 11.9 Å². The number of aromatic nitrogens is 1. The van der Waals surface area contributed by atoms with Crippen molar-refractivity contribution in [1.82, 2.24) is 14.8 Å². The molecule has 0 atom stereocenters. The summed E-state index contributed by atoms with van der Waals surface area (Å²) in [5.41, 5.74) is 5.46. The molecule has 6 nitrogen and oxygen atoms in total. The van der Waals surface area contributed by atoms with E-state index in [2.05, 4.69) is 4.98 Å². The van der Waals surface area contributed by atoms with E-state index < -0.39 is 5.95 Å². The van der Waals surface area contributed by atoms with Gasteiger partial charge in [0.05, 0.1) is 6.54 Å². The maximum absolute atomic E-state index is 13.0. The summed E-state index contributed by atoms with van der Waals surface area (Å²) in [5.74, 6) is -1.26. The summed E-state index contributed by atoms with van der Waals surface area (Å²) in [6.45, 7) is 2.58. The van der Waals surface area contributed by atoms with Crippen molar-refractivity contribution in [3.8, 4) is 0 Å². The summed E-state index contributed by atoms with van der Waals surface area (Å²) in [5, 5.41) is 0. The molecule has 2 rings (SSSR count). The molecule has 108 valence electrons. The van der Waals surface area contributed by atoms with E-state index in [0.717, 1.165) is 19.0 Å². The Morgan fingerprint density at radius 2 is 2.10 bits per heavy atom. The molecule has 0 aliphatic carbocycles. The van der Waals surface area contributed by atoms with Crippen LogP contribution in [-0.4, -0.2) is 59.3 Å². The van der Waals surface area contributed by atoms with Crippen LogP contribution in [0.2, 0.25) is 0 Å². The molecule has 0 spiro atoms. The van der Waals surface area contributed by atoms with Gasteiger partial charge in [0.15, 0.2) is 0 Å². The lowest BCUT2D eigenvalue weighted by molar-refractivity contribution is -0.119. The fraction of sp³-hybridized carbons (Fsp3) is 0.462. The highest BCUT2D eigenvalue weighted by Crippen LogP contribution is 2.09. The fourth-order valence-corrected chi connectivity index (χ4v) is 2.27. The summed E-state index contributed by atoms with van der Waals surface area (Å²) >= 11 is 0. The number of halogens is 1. The zero-order chi connectivity index (χ0) is 14.5. The summed E-state index contributed by atoms with van der Waals surface area (Å²) in [4.78, 5) is 30.2. The van der Waals surface area contributed by atoms with E-state index >= 15 is 0 Å². The van der Waals surface area contributed by atoms with E-state index in [1.54, 1.807) is 4.90 Å². The van der Waals surface area contributed by atoms with Gasteiger partial charge in [-0.05, 0) is 12.5 Å². The van der Waals surface area contributed by atoms with Gasteiger partial charge in [-0.25, -0.2) is 4.98 Å². The van der Waals surface area contributed by atoms with Crippen LogP contribution >= 0.6 is 0 Å². The van der Waals surface area contributed by atoms with Crippen LogP contribution in [0.25, 0.3) is 0 Å². The third-order valence-corrected chi connectivity index (χ3v) is 3.23. The smallest absolute Gasteiger partial charge is 0.254 e. The van der Waals surface area contributed by atoms with Crippen molar-refractivity contribution in [3.63, 3.8) is 0 Å². The molecule has 1 aromatic heterocycles. The maximum Gasteiger partial charge on any atom is 0.254 e. The van der Waals surface area contributed by atoms with Gasteiger partial charge in [-0.1, -0.05) is 0 Å². The molecule has 0 radical (unpaired) electrons. The molecule has 2 heterocycles. The van der Waals surface area contributed by atoms with Crippen LogP contribution in [0.15, 0.2) is 18.3 Å². The molecule has 1 saturated heterocycles. The second kappa shape index (κ2) is 6.42. The van der Waals surface area contributed by atoms with Crippen LogP contribution in [0.4, 0.5) is 4.39 Å². The first-order valence-corrected chi connectivity index (χ1v) is 6.48. The molecule has 2 amide bonds. The standard InChI is InChI=1S/C13H17FN4O2/c14-11-8-10(2-3-16-11)13(20)18-5-1-4-17(6-7-18)9-12(15)19/h2-3,8H,1,4-7,9H2,(H2,15,19). The highest BCUT2D eigenvalue weighted by Gasteiger charge is 2.21. The molecule has 0 aromatic carbocycles. The maximum atomic E-state index is 13.0. The zero-order valence-corrected chi connectivity index (χ0v) is 11.1. The predicted octanol–water partition coefficient (Wildman–Crippen LogP) is -0.146. The Bertz CT molecular complexity index is 509. The minimum atomic E-state index is -0.666. The van der Waals surface area contributed by atoms with Crippen molar-refractivity contribution in [1.29, 1.82) is 0 Å². The Morgan fingerprint density at radius 3 is 2.80 bits per heavy atom. The number of pyridine rings is 1. The zero-order valence-electron chi connectivity index (χ0n) is 11.1. The van der Waals surface area contributed by atoms with Gasteiger partial charge in [0.25, 0.3) is 5.91 Å². The number of hydrogen-bond acceptors (Lipinski definition) is 4. The molecule has 1 aromatic rings. The summed E-state index contributed by atoms with van der Waals surface area (Å²) in [7, 11) is 0. The quantitative estimate of drug-likeness (QED) is 0.781. The Balaban J connectivity index is 1.99. The molecule has 1 aliphatic heterocycles. The second-order valence-corrected chi connectivity index (χ2v) is 4.76. The number of nitrogens with two attached hydrogens (primary N) is 1. The van der Waals surface area contributed by atoms with E-state index in [0.29, 0.717) is 25.2 Å². The molecule has 20 heavy (non-hydrogen) atoms. The minimum absolute atomic E-state index is 0.200. The van der Waals surface area contributed by atoms with E-state index in [1.165, 1.54) is 12.3 Å². The molecule has 7 heteroatoms. The Kier molecular flexibility index (Phi) is 4.62. The summed E-state index contributed by atoms with van der Waals surface area (Å²) in [6, 6.07) is 2.63. The molecule has 0 unspecified atom stereocenters. The van der Waals surface area contributed by atoms with Crippen LogP contribution in [-0.2, 0) is 4.79 Å². The number of primary amides is 1. The van der Waals surface area contributed by atoms with Gasteiger partial charge in [-0.2, -0.15) is 4.39 Å². The van der Waals surface area contributed by atoms with Gasteiger partial charge >= 0.3 is 0 Å². The Labute approximate surface area is 116 Å². The third kappa shape index (κ3) is 3.74. The number of carbonyl (C=O) groups excluding carboxylic acids is 2. The number of hydrogen-bond donors (Lipinski definition) is 1. The van der Waals surface area contributed by atoms with E-state index in [4.69, 9.17) is 5.73 Å². The van der Waals surface area contributed by atoms with E-state index in [9.17, 15) is 14.0 Å². The molecule has 0 saturated carbocycles. The largest absolute Gasteiger partial charge is 0.369 e. The van der Waals surface area contributed by atoms with Crippen molar-refractivity contribution >= 4 is 11.8 Å². The normalized spacial score (nSPS) is 16.8. The number of nitrogens with zero attached hydrogens (tertiary/aromatic N) is 3. The van der Waals surface area contributed by atoms with Gasteiger partial charge in [0, 0.05) is 44.0 Å². The topological polar surface area (TPSA) is 79.5 Å². The molecule has 1 aliphatic rings. The van der Waals surface area contributed by atoms with Crippen molar-refractivity contribution in [2.24, 2.45) is 5.73 Å². The molecule has 1 fully saturated rings. The van der Waals surface area contributed by atoms with E-state index in [-0.39, 0.29) is 18.4 Å². The van der Waals surface area contributed by atoms with Crippen LogP contribution < -0.4 is 5.73 Å². The first-order valence-electron chi connectivity index (χ1n) is 6.48. The number of amides is 2. The first-order chi connectivity index (χ1) is 9.56. The lowest BCUT2D eigenvalue weighted by atomic mass is 10.2. The lowest BCUT2D eigenvalue weighted by Crippen LogP contribution is -2.38. The average molecular weight is 280 g/mol. The highest BCUT2D eigenvalue weighted by atomic mass is 19.1. The van der Waals surface area contributed by atoms with Crippen molar-refractivity contribution in [3.05, 3.63) is 29.8 Å². The van der Waals surface area contributed by atoms with E-state index in [1.807, 2.05) is 4.90 Å². The molecule has 2 N–H and O–H groups in total. The molecular weight excluding hydrogens is 263 g/mol. The Morgan fingerprint density at radius 1 is 1.30 bits per heavy atom. The number of rotatable bonds is 3. The van der Waals surface area contributed by atoms with Crippen LogP contribution in [0.5, 0.6) is 0 Å². The van der Waals surface area contributed by atoms with Crippen molar-refractivity contribution < 1.29 is 14.0 Å². The monoisotopic (exact) mass is 280 g/mol. The highest BCUT2D eigenvalue weighted by molar-refractivity contribution is 5.94. The molecular formula is C13H17FN4O2. The van der Waals surface area contributed by atoms with Gasteiger partial charge < -0.3 is 10.6 Å². The summed E-state index contributed by atoms with van der Waals surface area (Å²) in [6.07, 6.45) is 2.03. The van der Waals surface area contributed by atoms with Gasteiger partial charge in [0.1, 0.15) is 0 Å². The van der Waals surface area contributed by atoms with Crippen molar-refractivity contribution in [2.75, 3.05) is 32.7 Å². The van der Waals surface area contributed by atoms with Crippen LogP contribution in [0.1, 0.15) is 16.8 Å². The van der Waals surface area contributed by atoms with Gasteiger partial charge in [-0.3, -0.25) is 14.5 Å².